The first-order valence-corrected chi connectivity index (χ1v) is 5.49. The lowest BCUT2D eigenvalue weighted by atomic mass is 10.2. The summed E-state index contributed by atoms with van der Waals surface area (Å²) in [6, 6.07) is 4.26. The Kier molecular flexibility index (Phi) is 3.41. The van der Waals surface area contributed by atoms with Gasteiger partial charge in [-0.2, -0.15) is 0 Å². The van der Waals surface area contributed by atoms with Gasteiger partial charge in [-0.05, 0) is 17.7 Å². The van der Waals surface area contributed by atoms with Gasteiger partial charge in [0, 0.05) is 5.02 Å². The summed E-state index contributed by atoms with van der Waals surface area (Å²) in [7, 11) is 0. The third kappa shape index (κ3) is 2.51. The van der Waals surface area contributed by atoms with E-state index in [1.54, 1.807) is 16.9 Å². The maximum atomic E-state index is 12.8. The molecular formula is C10H8Cl2FN3. The first-order valence-electron chi connectivity index (χ1n) is 4.58. The maximum Gasteiger partial charge on any atom is 0.124 e. The molecule has 0 unspecified atom stereocenters. The second-order valence-corrected chi connectivity index (χ2v) is 3.95. The first kappa shape index (κ1) is 11.4. The molecular weight excluding hydrogens is 252 g/mol. The molecule has 2 rings (SSSR count). The van der Waals surface area contributed by atoms with Crippen LogP contribution in [-0.4, -0.2) is 15.0 Å². The Hall–Kier alpha value is -1.13. The molecule has 0 saturated carbocycles. The van der Waals surface area contributed by atoms with Crippen LogP contribution >= 0.6 is 23.2 Å². The number of aromatic nitrogens is 3. The smallest absolute Gasteiger partial charge is 0.124 e. The van der Waals surface area contributed by atoms with Crippen LogP contribution in [0, 0.1) is 5.82 Å². The molecule has 0 atom stereocenters. The van der Waals surface area contributed by atoms with Crippen LogP contribution in [-0.2, 0) is 12.4 Å². The fourth-order valence-electron chi connectivity index (χ4n) is 1.30. The minimum Gasteiger partial charge on any atom is -0.248 e. The number of rotatable bonds is 3. The highest BCUT2D eigenvalue weighted by Crippen LogP contribution is 2.18. The van der Waals surface area contributed by atoms with Crippen molar-refractivity contribution in [3.05, 3.63) is 46.5 Å². The minimum absolute atomic E-state index is 0.317. The second-order valence-electron chi connectivity index (χ2n) is 3.28. The van der Waals surface area contributed by atoms with E-state index in [0.29, 0.717) is 23.1 Å². The van der Waals surface area contributed by atoms with Gasteiger partial charge in [0.1, 0.15) is 5.82 Å². The fourth-order valence-corrected chi connectivity index (χ4v) is 1.65. The number of alkyl halides is 1. The van der Waals surface area contributed by atoms with E-state index in [1.165, 1.54) is 12.1 Å². The summed E-state index contributed by atoms with van der Waals surface area (Å²) in [6.45, 7) is 0.447. The standard InChI is InChI=1S/C10H8Cl2FN3/c11-4-9-6-16(15-14-9)5-7-1-2-8(13)3-10(7)12/h1-3,6H,4-5H2. The van der Waals surface area contributed by atoms with E-state index in [1.807, 2.05) is 0 Å². The van der Waals surface area contributed by atoms with Crippen molar-refractivity contribution in [2.24, 2.45) is 0 Å². The van der Waals surface area contributed by atoms with Crippen molar-refractivity contribution in [2.75, 3.05) is 0 Å². The number of halogens is 3. The zero-order valence-electron chi connectivity index (χ0n) is 8.20. The van der Waals surface area contributed by atoms with Gasteiger partial charge in [0.15, 0.2) is 0 Å². The lowest BCUT2D eigenvalue weighted by Crippen LogP contribution is -2.01. The highest BCUT2D eigenvalue weighted by Gasteiger charge is 2.05. The lowest BCUT2D eigenvalue weighted by molar-refractivity contribution is 0.621. The number of nitrogens with zero attached hydrogens (tertiary/aromatic N) is 3. The Morgan fingerprint density at radius 1 is 1.38 bits per heavy atom. The predicted octanol–water partition coefficient (Wildman–Crippen LogP) is 2.86. The van der Waals surface area contributed by atoms with E-state index in [2.05, 4.69) is 10.3 Å². The third-order valence-electron chi connectivity index (χ3n) is 2.07. The number of hydrogen-bond donors (Lipinski definition) is 0. The van der Waals surface area contributed by atoms with Gasteiger partial charge in [0.2, 0.25) is 0 Å². The van der Waals surface area contributed by atoms with Crippen LogP contribution in [0.1, 0.15) is 11.3 Å². The quantitative estimate of drug-likeness (QED) is 0.794. The molecule has 0 aliphatic rings. The van der Waals surface area contributed by atoms with Gasteiger partial charge in [-0.3, -0.25) is 0 Å². The summed E-state index contributed by atoms with van der Waals surface area (Å²) in [5.41, 5.74) is 1.48. The molecule has 0 saturated heterocycles. The van der Waals surface area contributed by atoms with Gasteiger partial charge in [-0.25, -0.2) is 9.07 Å². The monoisotopic (exact) mass is 259 g/mol. The topological polar surface area (TPSA) is 30.7 Å². The first-order chi connectivity index (χ1) is 7.69. The van der Waals surface area contributed by atoms with Crippen LogP contribution in [0.5, 0.6) is 0 Å². The van der Waals surface area contributed by atoms with Crippen molar-refractivity contribution in [1.29, 1.82) is 0 Å². The average Bonchev–Trinajstić information content (AvgIpc) is 2.70. The molecule has 84 valence electrons. The molecule has 16 heavy (non-hydrogen) atoms. The Morgan fingerprint density at radius 3 is 2.81 bits per heavy atom. The Morgan fingerprint density at radius 2 is 2.19 bits per heavy atom. The van der Waals surface area contributed by atoms with Crippen LogP contribution < -0.4 is 0 Å². The van der Waals surface area contributed by atoms with Gasteiger partial charge in [-0.1, -0.05) is 22.9 Å². The maximum absolute atomic E-state index is 12.8. The summed E-state index contributed by atoms with van der Waals surface area (Å²) in [6.07, 6.45) is 1.73. The Bertz CT molecular complexity index is 499. The zero-order valence-corrected chi connectivity index (χ0v) is 9.71. The number of benzene rings is 1. The van der Waals surface area contributed by atoms with Gasteiger partial charge >= 0.3 is 0 Å². The van der Waals surface area contributed by atoms with Crippen molar-refractivity contribution in [3.8, 4) is 0 Å². The summed E-state index contributed by atoms with van der Waals surface area (Å²) in [5, 5.41) is 8.10. The SMILES string of the molecule is Fc1ccc(Cn2cc(CCl)nn2)c(Cl)c1. The van der Waals surface area contributed by atoms with Crippen LogP contribution in [0.2, 0.25) is 5.02 Å². The molecule has 3 nitrogen and oxygen atoms in total. The van der Waals surface area contributed by atoms with E-state index >= 15 is 0 Å². The van der Waals surface area contributed by atoms with E-state index in [4.69, 9.17) is 23.2 Å². The molecule has 0 radical (unpaired) electrons. The molecule has 1 heterocycles. The Balaban J connectivity index is 2.20. The van der Waals surface area contributed by atoms with Crippen molar-refractivity contribution < 1.29 is 4.39 Å². The lowest BCUT2D eigenvalue weighted by Gasteiger charge is -2.03. The molecule has 6 heteroatoms. The normalized spacial score (nSPS) is 10.7. The summed E-state index contributed by atoms with van der Waals surface area (Å²) in [4.78, 5) is 0. The minimum atomic E-state index is -0.353. The summed E-state index contributed by atoms with van der Waals surface area (Å²) in [5.74, 6) is -0.0364. The second kappa shape index (κ2) is 4.80. The largest absolute Gasteiger partial charge is 0.248 e. The average molecular weight is 260 g/mol. The van der Waals surface area contributed by atoms with E-state index < -0.39 is 0 Å². The zero-order chi connectivity index (χ0) is 11.5. The van der Waals surface area contributed by atoms with Gasteiger partial charge in [-0.15, -0.1) is 16.7 Å². The molecule has 0 amide bonds. The molecule has 0 aliphatic heterocycles. The highest BCUT2D eigenvalue weighted by molar-refractivity contribution is 6.31. The molecule has 0 aliphatic carbocycles. The molecule has 0 spiro atoms. The van der Waals surface area contributed by atoms with Crippen LogP contribution in [0.15, 0.2) is 24.4 Å². The van der Waals surface area contributed by atoms with Crippen molar-refractivity contribution >= 4 is 23.2 Å². The van der Waals surface area contributed by atoms with E-state index in [-0.39, 0.29) is 5.82 Å². The fraction of sp³-hybridized carbons (Fsp3) is 0.200. The van der Waals surface area contributed by atoms with Crippen LogP contribution in [0.4, 0.5) is 4.39 Å². The molecule has 0 bridgehead atoms. The molecule has 1 aromatic carbocycles. The van der Waals surface area contributed by atoms with Gasteiger partial charge in [0.25, 0.3) is 0 Å². The summed E-state index contributed by atoms with van der Waals surface area (Å²) < 4.78 is 14.4. The third-order valence-corrected chi connectivity index (χ3v) is 2.70. The van der Waals surface area contributed by atoms with Crippen LogP contribution in [0.25, 0.3) is 0 Å². The highest BCUT2D eigenvalue weighted by atomic mass is 35.5. The van der Waals surface area contributed by atoms with E-state index in [9.17, 15) is 4.39 Å². The van der Waals surface area contributed by atoms with Gasteiger partial charge < -0.3 is 0 Å². The van der Waals surface area contributed by atoms with Crippen molar-refractivity contribution in [3.63, 3.8) is 0 Å². The van der Waals surface area contributed by atoms with Crippen LogP contribution in [0.3, 0.4) is 0 Å². The van der Waals surface area contributed by atoms with Gasteiger partial charge in [0.05, 0.1) is 24.3 Å². The van der Waals surface area contributed by atoms with Crippen molar-refractivity contribution in [1.82, 2.24) is 15.0 Å². The van der Waals surface area contributed by atoms with E-state index in [0.717, 1.165) is 5.56 Å². The molecule has 1 aromatic heterocycles. The molecule has 2 aromatic rings. The predicted molar refractivity (Wildman–Crippen MR) is 60.1 cm³/mol. The summed E-state index contributed by atoms with van der Waals surface area (Å²) >= 11 is 11.5. The number of hydrogen-bond acceptors (Lipinski definition) is 2. The Labute approximate surface area is 102 Å². The molecule has 0 fully saturated rings. The van der Waals surface area contributed by atoms with Crippen molar-refractivity contribution in [2.45, 2.75) is 12.4 Å². The molecule has 0 N–H and O–H groups in total.